The minimum atomic E-state index is -4.94. The summed E-state index contributed by atoms with van der Waals surface area (Å²) in [7, 11) is 0. The van der Waals surface area contributed by atoms with Crippen molar-refractivity contribution < 1.29 is 27.1 Å². The van der Waals surface area contributed by atoms with Gasteiger partial charge in [-0.1, -0.05) is 0 Å². The molecule has 0 atom stereocenters. The van der Waals surface area contributed by atoms with Crippen molar-refractivity contribution in [1.82, 2.24) is 0 Å². The van der Waals surface area contributed by atoms with Crippen LogP contribution in [0.25, 0.3) is 0 Å². The van der Waals surface area contributed by atoms with Crippen LogP contribution < -0.4 is 0 Å². The van der Waals surface area contributed by atoms with Gasteiger partial charge in [-0.25, -0.2) is 8.78 Å². The lowest BCUT2D eigenvalue weighted by Crippen LogP contribution is -2.09. The third-order valence-corrected chi connectivity index (χ3v) is 1.66. The first-order valence-corrected chi connectivity index (χ1v) is 3.50. The van der Waals surface area contributed by atoms with Gasteiger partial charge in [-0.3, -0.25) is 0 Å². The molecule has 0 unspecified atom stereocenters. The predicted molar refractivity (Wildman–Crippen MR) is 37.8 cm³/mol. The van der Waals surface area contributed by atoms with Gasteiger partial charge in [-0.05, 0) is 18.6 Å². The molecule has 0 amide bonds. The number of alkyl halides is 3. The van der Waals surface area contributed by atoms with Gasteiger partial charge in [-0.2, -0.15) is 13.2 Å². The lowest BCUT2D eigenvalue weighted by Gasteiger charge is -2.10. The molecule has 0 aliphatic rings. The van der Waals surface area contributed by atoms with Crippen LogP contribution in [0.4, 0.5) is 22.0 Å². The van der Waals surface area contributed by atoms with E-state index in [1.54, 1.807) is 0 Å². The topological polar surface area (TPSA) is 20.2 Å². The Balaban J connectivity index is 3.49. The van der Waals surface area contributed by atoms with E-state index in [2.05, 4.69) is 0 Å². The summed E-state index contributed by atoms with van der Waals surface area (Å²) >= 11 is 0. The minimum absolute atomic E-state index is 0.310. The molecule has 0 spiro atoms. The molecule has 0 aliphatic carbocycles. The van der Waals surface area contributed by atoms with Gasteiger partial charge in [0.2, 0.25) is 0 Å². The van der Waals surface area contributed by atoms with Crippen molar-refractivity contribution in [2.75, 3.05) is 0 Å². The number of hydrogen-bond acceptors (Lipinski definition) is 1. The van der Waals surface area contributed by atoms with Crippen LogP contribution in [0.2, 0.25) is 0 Å². The van der Waals surface area contributed by atoms with Crippen molar-refractivity contribution in [3.8, 4) is 5.75 Å². The van der Waals surface area contributed by atoms with Crippen LogP contribution in [0, 0.1) is 18.6 Å². The van der Waals surface area contributed by atoms with E-state index >= 15 is 0 Å². The smallest absolute Gasteiger partial charge is 0.419 e. The van der Waals surface area contributed by atoms with Gasteiger partial charge in [0.05, 0.1) is 5.56 Å². The summed E-state index contributed by atoms with van der Waals surface area (Å²) in [5.41, 5.74) is -2.13. The Bertz CT molecular complexity index is 369. The number of halogens is 5. The second-order valence-electron chi connectivity index (χ2n) is 2.72. The molecule has 0 heterocycles. The van der Waals surface area contributed by atoms with Crippen LogP contribution in [0.1, 0.15) is 11.1 Å². The third kappa shape index (κ3) is 1.64. The fraction of sp³-hybridized carbons (Fsp3) is 0.250. The molecule has 0 radical (unpaired) electrons. The average molecular weight is 212 g/mol. The van der Waals surface area contributed by atoms with E-state index in [0.717, 1.165) is 6.92 Å². The Hall–Kier alpha value is -1.33. The summed E-state index contributed by atoms with van der Waals surface area (Å²) in [6.45, 7) is 1.00. The zero-order valence-corrected chi connectivity index (χ0v) is 6.91. The third-order valence-electron chi connectivity index (χ3n) is 1.66. The Labute approximate surface area is 75.8 Å². The Morgan fingerprint density at radius 1 is 1.14 bits per heavy atom. The van der Waals surface area contributed by atoms with Gasteiger partial charge >= 0.3 is 6.18 Å². The summed E-state index contributed by atoms with van der Waals surface area (Å²) < 4.78 is 61.6. The highest BCUT2D eigenvalue weighted by Gasteiger charge is 2.36. The molecular weight excluding hydrogens is 207 g/mol. The normalized spacial score (nSPS) is 11.9. The molecule has 0 saturated carbocycles. The maximum absolute atomic E-state index is 12.7. The first-order valence-electron chi connectivity index (χ1n) is 3.50. The van der Waals surface area contributed by atoms with Crippen molar-refractivity contribution >= 4 is 0 Å². The fourth-order valence-corrected chi connectivity index (χ4v) is 0.960. The summed E-state index contributed by atoms with van der Waals surface area (Å²) in [4.78, 5) is 0. The number of benzene rings is 1. The lowest BCUT2D eigenvalue weighted by molar-refractivity contribution is -0.140. The maximum Gasteiger partial charge on any atom is 0.419 e. The average Bonchev–Trinajstić information content (AvgIpc) is 2.06. The van der Waals surface area contributed by atoms with Gasteiger partial charge in [0.1, 0.15) is 0 Å². The fourth-order valence-electron chi connectivity index (χ4n) is 0.960. The highest BCUT2D eigenvalue weighted by Crippen LogP contribution is 2.36. The second-order valence-corrected chi connectivity index (χ2v) is 2.72. The van der Waals surface area contributed by atoms with Crippen molar-refractivity contribution in [1.29, 1.82) is 0 Å². The molecule has 1 aromatic rings. The molecule has 0 aliphatic heterocycles. The molecule has 6 heteroatoms. The maximum atomic E-state index is 12.7. The van der Waals surface area contributed by atoms with Crippen molar-refractivity contribution in [2.45, 2.75) is 13.1 Å². The second kappa shape index (κ2) is 3.11. The standard InChI is InChI=1S/C8H5F5O/c1-3-2-4(8(11,12)13)6(10)7(14)5(3)9/h2,14H,1H3. The van der Waals surface area contributed by atoms with Crippen LogP contribution in [0.15, 0.2) is 6.07 Å². The van der Waals surface area contributed by atoms with Gasteiger partial charge in [0.15, 0.2) is 17.4 Å². The molecular formula is C8H5F5O. The summed E-state index contributed by atoms with van der Waals surface area (Å²) in [6, 6.07) is 0.310. The highest BCUT2D eigenvalue weighted by atomic mass is 19.4. The van der Waals surface area contributed by atoms with Gasteiger partial charge in [0.25, 0.3) is 0 Å². The first-order chi connectivity index (χ1) is 6.25. The molecule has 1 nitrogen and oxygen atoms in total. The zero-order chi connectivity index (χ0) is 11.1. The van der Waals surface area contributed by atoms with Gasteiger partial charge in [0, 0.05) is 0 Å². The Morgan fingerprint density at radius 2 is 1.64 bits per heavy atom. The van der Waals surface area contributed by atoms with Crippen molar-refractivity contribution in [2.24, 2.45) is 0 Å². The van der Waals surface area contributed by atoms with Crippen LogP contribution in [0.3, 0.4) is 0 Å². The van der Waals surface area contributed by atoms with E-state index in [1.807, 2.05) is 0 Å². The minimum Gasteiger partial charge on any atom is -0.503 e. The number of hydrogen-bond donors (Lipinski definition) is 1. The molecule has 78 valence electrons. The van der Waals surface area contributed by atoms with Crippen molar-refractivity contribution in [3.05, 3.63) is 28.8 Å². The summed E-state index contributed by atoms with van der Waals surface area (Å²) in [5.74, 6) is -4.96. The summed E-state index contributed by atoms with van der Waals surface area (Å²) in [6.07, 6.45) is -4.94. The first kappa shape index (κ1) is 10.7. The predicted octanol–water partition coefficient (Wildman–Crippen LogP) is 3.00. The molecule has 0 fully saturated rings. The summed E-state index contributed by atoms with van der Waals surface area (Å²) in [5, 5.41) is 8.68. The van der Waals surface area contributed by atoms with E-state index in [0.29, 0.717) is 6.07 Å². The molecule has 1 aromatic carbocycles. The Kier molecular flexibility index (Phi) is 2.39. The van der Waals surface area contributed by atoms with E-state index in [1.165, 1.54) is 0 Å². The zero-order valence-electron chi connectivity index (χ0n) is 6.91. The number of phenolic OH excluding ortho intramolecular Hbond substituents is 1. The van der Waals surface area contributed by atoms with E-state index in [9.17, 15) is 22.0 Å². The molecule has 0 aromatic heterocycles. The Morgan fingerprint density at radius 3 is 2.07 bits per heavy atom. The van der Waals surface area contributed by atoms with Crippen molar-refractivity contribution in [3.63, 3.8) is 0 Å². The lowest BCUT2D eigenvalue weighted by atomic mass is 10.1. The quantitative estimate of drug-likeness (QED) is 0.655. The van der Waals surface area contributed by atoms with Crippen LogP contribution >= 0.6 is 0 Å². The van der Waals surface area contributed by atoms with Crippen LogP contribution in [-0.2, 0) is 6.18 Å². The molecule has 1 N–H and O–H groups in total. The molecule has 0 saturated heterocycles. The number of aromatic hydroxyl groups is 1. The number of aryl methyl sites for hydroxylation is 1. The highest BCUT2D eigenvalue weighted by molar-refractivity contribution is 5.38. The van der Waals surface area contributed by atoms with E-state index < -0.39 is 34.7 Å². The molecule has 14 heavy (non-hydrogen) atoms. The SMILES string of the molecule is Cc1cc(C(F)(F)F)c(F)c(O)c1F. The molecule has 0 bridgehead atoms. The van der Waals surface area contributed by atoms with E-state index in [4.69, 9.17) is 5.11 Å². The molecule has 1 rings (SSSR count). The monoisotopic (exact) mass is 212 g/mol. The van der Waals surface area contributed by atoms with E-state index in [-0.39, 0.29) is 0 Å². The van der Waals surface area contributed by atoms with Crippen LogP contribution in [0.5, 0.6) is 5.75 Å². The van der Waals surface area contributed by atoms with Crippen LogP contribution in [-0.4, -0.2) is 5.11 Å². The number of phenols is 1. The van der Waals surface area contributed by atoms with Gasteiger partial charge in [-0.15, -0.1) is 0 Å². The largest absolute Gasteiger partial charge is 0.503 e. The number of rotatable bonds is 0. The van der Waals surface area contributed by atoms with Gasteiger partial charge < -0.3 is 5.11 Å².